The number of aryl methyl sites for hydroxylation is 2. The molecule has 0 saturated carbocycles. The van der Waals surface area contributed by atoms with E-state index in [2.05, 4.69) is 5.10 Å². The van der Waals surface area contributed by atoms with Gasteiger partial charge in [-0.05, 0) is 63.1 Å². The molecule has 0 amide bonds. The summed E-state index contributed by atoms with van der Waals surface area (Å²) in [6, 6.07) is 14.6. The lowest BCUT2D eigenvalue weighted by molar-refractivity contribution is -0.209. The molecule has 1 heterocycles. The highest BCUT2D eigenvalue weighted by atomic mass is 32.2. The Morgan fingerprint density at radius 2 is 1.70 bits per heavy atom. The molecule has 0 spiro atoms. The number of rotatable bonds is 10. The third-order valence-corrected chi connectivity index (χ3v) is 6.76. The number of esters is 1. The fourth-order valence-corrected chi connectivity index (χ4v) is 4.51. The third kappa shape index (κ3) is 7.38. The number of carbonyl (C=O) groups excluding carboxylic acids is 1. The van der Waals surface area contributed by atoms with Gasteiger partial charge in [0.15, 0.2) is 0 Å². The number of halogens is 3. The second-order valence-electron chi connectivity index (χ2n) is 9.21. The van der Waals surface area contributed by atoms with Crippen molar-refractivity contribution in [1.29, 1.82) is 0 Å². The number of nitrogens with zero attached hydrogens (tertiary/aromatic N) is 2. The molecule has 0 bridgehead atoms. The lowest BCUT2D eigenvalue weighted by Crippen LogP contribution is -2.28. The minimum absolute atomic E-state index is 0.0758. The van der Waals surface area contributed by atoms with E-state index in [9.17, 15) is 27.9 Å². The van der Waals surface area contributed by atoms with Crippen LogP contribution < -0.4 is 0 Å². The number of hydrogen-bond acceptors (Lipinski definition) is 5. The van der Waals surface area contributed by atoms with E-state index in [4.69, 9.17) is 4.74 Å². The van der Waals surface area contributed by atoms with E-state index >= 15 is 0 Å². The van der Waals surface area contributed by atoms with E-state index in [0.717, 1.165) is 22.9 Å². The van der Waals surface area contributed by atoms with Crippen LogP contribution in [-0.4, -0.2) is 37.7 Å². The van der Waals surface area contributed by atoms with Crippen LogP contribution in [0, 0.1) is 6.92 Å². The Labute approximate surface area is 217 Å². The Morgan fingerprint density at radius 1 is 1.08 bits per heavy atom. The number of alkyl halides is 3. The van der Waals surface area contributed by atoms with Gasteiger partial charge >= 0.3 is 18.1 Å². The summed E-state index contributed by atoms with van der Waals surface area (Å²) in [6.07, 6.45) is -6.47. The maximum Gasteiger partial charge on any atom is 0.431 e. The van der Waals surface area contributed by atoms with Crippen molar-refractivity contribution < 1.29 is 32.6 Å². The van der Waals surface area contributed by atoms with Crippen LogP contribution >= 0.6 is 11.8 Å². The van der Waals surface area contributed by atoms with Crippen LogP contribution in [0.5, 0.6) is 0 Å². The first-order chi connectivity index (χ1) is 17.3. The SMILES string of the molecule is CCCn1nc(Cc2ccc(C)cc2)cc1C(OC(=O)c1ccc(SC(C)(C)C(=O)O)cc1)C(F)(F)F. The van der Waals surface area contributed by atoms with Crippen LogP contribution in [0.2, 0.25) is 0 Å². The van der Waals surface area contributed by atoms with Crippen LogP contribution in [0.1, 0.15) is 66.2 Å². The summed E-state index contributed by atoms with van der Waals surface area (Å²) in [4.78, 5) is 24.6. The van der Waals surface area contributed by atoms with Gasteiger partial charge < -0.3 is 9.84 Å². The first-order valence-corrected chi connectivity index (χ1v) is 12.5. The van der Waals surface area contributed by atoms with Gasteiger partial charge in [0.25, 0.3) is 0 Å². The molecule has 0 radical (unpaired) electrons. The molecule has 3 aromatic rings. The summed E-state index contributed by atoms with van der Waals surface area (Å²) in [5.74, 6) is -2.15. The lowest BCUT2D eigenvalue weighted by Gasteiger charge is -2.22. The first-order valence-electron chi connectivity index (χ1n) is 11.7. The Hall–Kier alpha value is -3.27. The fourth-order valence-electron chi connectivity index (χ4n) is 3.56. The van der Waals surface area contributed by atoms with E-state index in [0.29, 0.717) is 23.4 Å². The van der Waals surface area contributed by atoms with Crippen LogP contribution in [0.3, 0.4) is 0 Å². The van der Waals surface area contributed by atoms with Crippen LogP contribution in [0.15, 0.2) is 59.5 Å². The predicted octanol–water partition coefficient (Wildman–Crippen LogP) is 6.61. The average Bonchev–Trinajstić information content (AvgIpc) is 3.20. The highest BCUT2D eigenvalue weighted by Crippen LogP contribution is 2.38. The van der Waals surface area contributed by atoms with E-state index < -0.39 is 29.0 Å². The number of aliphatic carboxylic acids is 1. The number of thioether (sulfide) groups is 1. The van der Waals surface area contributed by atoms with E-state index in [-0.39, 0.29) is 17.8 Å². The number of carbonyl (C=O) groups is 2. The van der Waals surface area contributed by atoms with E-state index in [1.54, 1.807) is 0 Å². The number of carboxylic acid groups (broad SMARTS) is 1. The molecule has 2 aromatic carbocycles. The molecule has 0 saturated heterocycles. The monoisotopic (exact) mass is 534 g/mol. The van der Waals surface area contributed by atoms with E-state index in [1.807, 2.05) is 38.1 Å². The van der Waals surface area contributed by atoms with Gasteiger partial charge in [0.2, 0.25) is 6.10 Å². The fraction of sp³-hybridized carbons (Fsp3) is 0.370. The standard InChI is InChI=1S/C27H29F3N2O4S/c1-5-14-32-22(16-20(31-32)15-18-8-6-17(2)7-9-18)23(27(28,29)30)36-24(33)19-10-12-21(13-11-19)37-26(3,4)25(34)35/h6-13,16,23H,5,14-15H2,1-4H3,(H,34,35). The summed E-state index contributed by atoms with van der Waals surface area (Å²) >= 11 is 1.06. The predicted molar refractivity (Wildman–Crippen MR) is 135 cm³/mol. The smallest absolute Gasteiger partial charge is 0.431 e. The van der Waals surface area contributed by atoms with Gasteiger partial charge in [0.1, 0.15) is 4.75 Å². The molecule has 37 heavy (non-hydrogen) atoms. The van der Waals surface area contributed by atoms with Gasteiger partial charge in [-0.15, -0.1) is 11.8 Å². The van der Waals surface area contributed by atoms with Crippen molar-refractivity contribution in [2.24, 2.45) is 0 Å². The maximum absolute atomic E-state index is 14.1. The van der Waals surface area contributed by atoms with Crippen molar-refractivity contribution >= 4 is 23.7 Å². The van der Waals surface area contributed by atoms with Gasteiger partial charge in [0.05, 0.1) is 17.0 Å². The maximum atomic E-state index is 14.1. The zero-order valence-corrected chi connectivity index (χ0v) is 21.8. The lowest BCUT2D eigenvalue weighted by atomic mass is 10.1. The first kappa shape index (κ1) is 28.3. The molecular weight excluding hydrogens is 505 g/mol. The molecule has 0 aliphatic carbocycles. The van der Waals surface area contributed by atoms with Gasteiger partial charge in [0, 0.05) is 17.9 Å². The largest absolute Gasteiger partial charge is 0.480 e. The second-order valence-corrected chi connectivity index (χ2v) is 10.9. The molecule has 6 nitrogen and oxygen atoms in total. The molecule has 3 rings (SSSR count). The molecule has 0 fully saturated rings. The number of hydrogen-bond donors (Lipinski definition) is 1. The Morgan fingerprint density at radius 3 is 2.24 bits per heavy atom. The van der Waals surface area contributed by atoms with Crippen molar-refractivity contribution in [2.75, 3.05) is 0 Å². The number of carboxylic acids is 1. The van der Waals surface area contributed by atoms with Gasteiger partial charge in [-0.1, -0.05) is 36.8 Å². The van der Waals surface area contributed by atoms with Gasteiger partial charge in [-0.2, -0.15) is 18.3 Å². The molecule has 1 N–H and O–H groups in total. The van der Waals surface area contributed by atoms with Crippen LogP contribution in [-0.2, 0) is 22.5 Å². The minimum Gasteiger partial charge on any atom is -0.480 e. The highest BCUT2D eigenvalue weighted by Gasteiger charge is 2.46. The Kier molecular flexibility index (Phi) is 8.73. The molecule has 0 aliphatic rings. The van der Waals surface area contributed by atoms with Crippen molar-refractivity contribution in [3.63, 3.8) is 0 Å². The molecule has 0 aliphatic heterocycles. The second kappa shape index (κ2) is 11.4. The summed E-state index contributed by atoms with van der Waals surface area (Å²) in [5, 5.41) is 13.6. The summed E-state index contributed by atoms with van der Waals surface area (Å²) in [6.45, 7) is 7.07. The summed E-state index contributed by atoms with van der Waals surface area (Å²) < 4.78 is 47.5. The molecule has 198 valence electrons. The zero-order valence-electron chi connectivity index (χ0n) is 21.0. The van der Waals surface area contributed by atoms with Crippen molar-refractivity contribution in [1.82, 2.24) is 9.78 Å². The van der Waals surface area contributed by atoms with Crippen molar-refractivity contribution in [3.8, 4) is 0 Å². The molecular formula is C27H29F3N2O4S. The molecule has 1 unspecified atom stereocenters. The third-order valence-electron chi connectivity index (χ3n) is 5.57. The highest BCUT2D eigenvalue weighted by molar-refractivity contribution is 8.01. The van der Waals surface area contributed by atoms with E-state index in [1.165, 1.54) is 48.9 Å². The zero-order chi connectivity index (χ0) is 27.4. The number of benzene rings is 2. The normalized spacial score (nSPS) is 12.8. The molecule has 1 atom stereocenters. The average molecular weight is 535 g/mol. The Balaban J connectivity index is 1.85. The minimum atomic E-state index is -4.86. The van der Waals surface area contributed by atoms with Crippen molar-refractivity contribution in [2.45, 2.75) is 69.0 Å². The van der Waals surface area contributed by atoms with Gasteiger partial charge in [-0.3, -0.25) is 9.48 Å². The summed E-state index contributed by atoms with van der Waals surface area (Å²) in [5.41, 5.74) is 2.11. The van der Waals surface area contributed by atoms with Crippen LogP contribution in [0.4, 0.5) is 13.2 Å². The van der Waals surface area contributed by atoms with Crippen molar-refractivity contribution in [3.05, 3.63) is 82.7 Å². The topological polar surface area (TPSA) is 81.4 Å². The quantitative estimate of drug-likeness (QED) is 0.233. The molecule has 10 heteroatoms. The van der Waals surface area contributed by atoms with Gasteiger partial charge in [-0.25, -0.2) is 4.79 Å². The van der Waals surface area contributed by atoms with Crippen LogP contribution in [0.25, 0.3) is 0 Å². The molecule has 1 aromatic heterocycles. The number of aromatic nitrogens is 2. The summed E-state index contributed by atoms with van der Waals surface area (Å²) in [7, 11) is 0. The number of ether oxygens (including phenoxy) is 1. The Bertz CT molecular complexity index is 1240.